The molecule has 1 heterocycles. The molecule has 1 fully saturated rings. The normalized spacial score (nSPS) is 14.8. The lowest BCUT2D eigenvalue weighted by Crippen LogP contribution is -2.47. The average molecular weight is 491 g/mol. The van der Waals surface area contributed by atoms with Crippen molar-refractivity contribution in [2.24, 2.45) is 5.73 Å². The highest BCUT2D eigenvalue weighted by atomic mass is 32.2. The maximum Gasteiger partial charge on any atom is 0.235 e. The van der Waals surface area contributed by atoms with Crippen LogP contribution in [-0.4, -0.2) is 68.4 Å². The molecule has 2 N–H and O–H groups in total. The van der Waals surface area contributed by atoms with Crippen molar-refractivity contribution in [1.82, 2.24) is 9.80 Å². The molecule has 184 valence electrons. The van der Waals surface area contributed by atoms with Crippen LogP contribution in [-0.2, 0) is 27.9 Å². The van der Waals surface area contributed by atoms with Crippen LogP contribution < -0.4 is 10.0 Å². The number of amides is 1. The maximum absolute atomic E-state index is 14.7. The van der Waals surface area contributed by atoms with Crippen LogP contribution in [0, 0.1) is 5.82 Å². The van der Waals surface area contributed by atoms with Crippen LogP contribution in [0.3, 0.4) is 0 Å². The van der Waals surface area contributed by atoms with Gasteiger partial charge in [0.15, 0.2) is 5.78 Å². The molecule has 3 rings (SSSR count). The second-order valence-electron chi connectivity index (χ2n) is 8.29. The molecular formula is C24H31FN4O4S. The smallest absolute Gasteiger partial charge is 0.235 e. The van der Waals surface area contributed by atoms with E-state index in [0.29, 0.717) is 25.3 Å². The minimum absolute atomic E-state index is 0.0646. The highest BCUT2D eigenvalue weighted by Gasteiger charge is 2.24. The van der Waals surface area contributed by atoms with Crippen LogP contribution in [0.1, 0.15) is 35.3 Å². The standard InChI is InChI=1S/C24H31FN4O4S/c1-3-34(32,33)29(17-21-8-7-20(14-23(21)25)24(31)15-26)22-6-4-5-19(13-22)16-27-9-11-28(12-10-27)18(2)30/h4-8,13-14H,3,9-12,15-17,26H2,1-2H3. The van der Waals surface area contributed by atoms with Crippen molar-refractivity contribution in [2.45, 2.75) is 26.9 Å². The molecule has 1 saturated heterocycles. The second-order valence-corrected chi connectivity index (χ2v) is 10.5. The Hall–Kier alpha value is -2.82. The Kier molecular flexibility index (Phi) is 8.40. The molecule has 34 heavy (non-hydrogen) atoms. The number of anilines is 1. The Morgan fingerprint density at radius 3 is 2.38 bits per heavy atom. The Labute approximate surface area is 200 Å². The van der Waals surface area contributed by atoms with Crippen LogP contribution >= 0.6 is 0 Å². The monoisotopic (exact) mass is 490 g/mol. The first-order chi connectivity index (χ1) is 16.1. The molecule has 0 spiro atoms. The number of hydrogen-bond acceptors (Lipinski definition) is 6. The fraction of sp³-hybridized carbons (Fsp3) is 0.417. The number of Topliss-reactive ketones (excluding diaryl/α,β-unsaturated/α-hetero) is 1. The topological polar surface area (TPSA) is 104 Å². The molecule has 2 aromatic carbocycles. The number of nitrogens with two attached hydrogens (primary N) is 1. The Bertz CT molecular complexity index is 1150. The van der Waals surface area contributed by atoms with Gasteiger partial charge in [0.05, 0.1) is 24.5 Å². The molecule has 1 aliphatic heterocycles. The van der Waals surface area contributed by atoms with Gasteiger partial charge in [-0.1, -0.05) is 24.3 Å². The predicted octanol–water partition coefficient (Wildman–Crippen LogP) is 1.99. The number of piperazine rings is 1. The number of nitrogens with zero attached hydrogens (tertiary/aromatic N) is 3. The third-order valence-corrected chi connectivity index (χ3v) is 7.74. The molecule has 0 radical (unpaired) electrons. The quantitative estimate of drug-likeness (QED) is 0.539. The van der Waals surface area contributed by atoms with Gasteiger partial charge in [0, 0.05) is 50.8 Å². The summed E-state index contributed by atoms with van der Waals surface area (Å²) in [6.45, 7) is 6.09. The Morgan fingerprint density at radius 2 is 1.79 bits per heavy atom. The van der Waals surface area contributed by atoms with Gasteiger partial charge in [-0.3, -0.25) is 18.8 Å². The number of hydrogen-bond donors (Lipinski definition) is 1. The van der Waals surface area contributed by atoms with E-state index in [9.17, 15) is 22.4 Å². The predicted molar refractivity (Wildman–Crippen MR) is 129 cm³/mol. The first kappa shape index (κ1) is 25.8. The van der Waals surface area contributed by atoms with Gasteiger partial charge in [0.2, 0.25) is 15.9 Å². The molecule has 0 aliphatic carbocycles. The zero-order chi connectivity index (χ0) is 24.9. The zero-order valence-electron chi connectivity index (χ0n) is 19.5. The largest absolute Gasteiger partial charge is 0.340 e. The van der Waals surface area contributed by atoms with Crippen molar-refractivity contribution >= 4 is 27.4 Å². The SMILES string of the molecule is CCS(=O)(=O)N(Cc1ccc(C(=O)CN)cc1F)c1cccc(CN2CCN(C(C)=O)CC2)c1. The molecule has 1 amide bonds. The van der Waals surface area contributed by atoms with Crippen LogP contribution in [0.4, 0.5) is 10.1 Å². The van der Waals surface area contributed by atoms with Crippen molar-refractivity contribution in [3.8, 4) is 0 Å². The third-order valence-electron chi connectivity index (χ3n) is 6.00. The van der Waals surface area contributed by atoms with E-state index >= 15 is 0 Å². The van der Waals surface area contributed by atoms with Crippen molar-refractivity contribution in [2.75, 3.05) is 42.8 Å². The minimum atomic E-state index is -3.70. The summed E-state index contributed by atoms with van der Waals surface area (Å²) >= 11 is 0. The zero-order valence-corrected chi connectivity index (χ0v) is 20.4. The number of carbonyl (C=O) groups is 2. The van der Waals surface area contributed by atoms with E-state index in [4.69, 9.17) is 5.73 Å². The lowest BCUT2D eigenvalue weighted by molar-refractivity contribution is -0.130. The molecule has 0 atom stereocenters. The first-order valence-corrected chi connectivity index (χ1v) is 12.8. The number of benzene rings is 2. The molecule has 0 aromatic heterocycles. The van der Waals surface area contributed by atoms with Crippen molar-refractivity contribution in [1.29, 1.82) is 0 Å². The maximum atomic E-state index is 14.7. The fourth-order valence-electron chi connectivity index (χ4n) is 3.92. The number of carbonyl (C=O) groups excluding carboxylic acids is 2. The summed E-state index contributed by atoms with van der Waals surface area (Å²) in [5.41, 5.74) is 7.03. The van der Waals surface area contributed by atoms with Gasteiger partial charge in [0.1, 0.15) is 5.82 Å². The summed E-state index contributed by atoms with van der Waals surface area (Å²) in [7, 11) is -3.70. The van der Waals surface area contributed by atoms with E-state index < -0.39 is 15.8 Å². The average Bonchev–Trinajstić information content (AvgIpc) is 2.83. The Morgan fingerprint density at radius 1 is 1.09 bits per heavy atom. The van der Waals surface area contributed by atoms with E-state index in [2.05, 4.69) is 4.90 Å². The summed E-state index contributed by atoms with van der Waals surface area (Å²) in [6.07, 6.45) is 0. The van der Waals surface area contributed by atoms with E-state index in [1.807, 2.05) is 11.0 Å². The molecule has 1 aliphatic rings. The lowest BCUT2D eigenvalue weighted by atomic mass is 10.1. The molecule has 10 heteroatoms. The van der Waals surface area contributed by atoms with Crippen LogP contribution in [0.5, 0.6) is 0 Å². The van der Waals surface area contributed by atoms with Gasteiger partial charge < -0.3 is 10.6 Å². The van der Waals surface area contributed by atoms with Gasteiger partial charge in [-0.15, -0.1) is 0 Å². The molecular weight excluding hydrogens is 459 g/mol. The number of ketones is 1. The van der Waals surface area contributed by atoms with E-state index in [1.54, 1.807) is 32.0 Å². The second kappa shape index (κ2) is 11.1. The molecule has 0 unspecified atom stereocenters. The molecule has 2 aromatic rings. The number of halogens is 1. The number of sulfonamides is 1. The Balaban J connectivity index is 1.82. The van der Waals surface area contributed by atoms with Gasteiger partial charge in [-0.25, -0.2) is 12.8 Å². The molecule has 0 bridgehead atoms. The fourth-order valence-corrected chi connectivity index (χ4v) is 5.00. The summed E-state index contributed by atoms with van der Waals surface area (Å²) in [6, 6.07) is 11.2. The summed E-state index contributed by atoms with van der Waals surface area (Å²) in [5.74, 6) is -1.12. The summed E-state index contributed by atoms with van der Waals surface area (Å²) < 4.78 is 41.8. The van der Waals surface area contributed by atoms with Gasteiger partial charge in [0.25, 0.3) is 0 Å². The summed E-state index contributed by atoms with van der Waals surface area (Å²) in [5, 5.41) is 0. The van der Waals surface area contributed by atoms with Crippen LogP contribution in [0.15, 0.2) is 42.5 Å². The van der Waals surface area contributed by atoms with Gasteiger partial charge in [-0.05, 0) is 30.7 Å². The highest BCUT2D eigenvalue weighted by molar-refractivity contribution is 7.92. The first-order valence-electron chi connectivity index (χ1n) is 11.2. The van der Waals surface area contributed by atoms with Crippen molar-refractivity contribution in [3.05, 3.63) is 65.0 Å². The van der Waals surface area contributed by atoms with Crippen molar-refractivity contribution < 1.29 is 22.4 Å². The molecule has 8 nitrogen and oxygen atoms in total. The van der Waals surface area contributed by atoms with E-state index in [0.717, 1.165) is 24.7 Å². The lowest BCUT2D eigenvalue weighted by Gasteiger charge is -2.34. The minimum Gasteiger partial charge on any atom is -0.340 e. The van der Waals surface area contributed by atoms with Crippen LogP contribution in [0.25, 0.3) is 0 Å². The van der Waals surface area contributed by atoms with Crippen molar-refractivity contribution in [3.63, 3.8) is 0 Å². The molecule has 0 saturated carbocycles. The van der Waals surface area contributed by atoms with E-state index in [1.165, 1.54) is 16.4 Å². The highest BCUT2D eigenvalue weighted by Crippen LogP contribution is 2.25. The third kappa shape index (κ3) is 6.19. The van der Waals surface area contributed by atoms with E-state index in [-0.39, 0.29) is 41.7 Å². The number of rotatable bonds is 9. The van der Waals surface area contributed by atoms with Gasteiger partial charge >= 0.3 is 0 Å². The van der Waals surface area contributed by atoms with Gasteiger partial charge in [-0.2, -0.15) is 0 Å². The van der Waals surface area contributed by atoms with Crippen LogP contribution in [0.2, 0.25) is 0 Å². The summed E-state index contributed by atoms with van der Waals surface area (Å²) in [4.78, 5) is 27.3.